The van der Waals surface area contributed by atoms with E-state index in [0.717, 1.165) is 40.5 Å². The number of H-pyrrole nitrogens is 1. The minimum atomic E-state index is 0.768. The molecule has 4 rings (SSSR count). The Morgan fingerprint density at radius 2 is 2.17 bits per heavy atom. The molecule has 7 nitrogen and oxygen atoms in total. The molecule has 0 aliphatic rings. The van der Waals surface area contributed by atoms with Crippen molar-refractivity contribution in [2.75, 3.05) is 7.11 Å². The minimum absolute atomic E-state index is 0.768. The van der Waals surface area contributed by atoms with Crippen LogP contribution in [0.5, 0.6) is 5.75 Å². The molecule has 0 fully saturated rings. The molecular weight excluding hydrogens is 292 g/mol. The van der Waals surface area contributed by atoms with E-state index in [0.29, 0.717) is 0 Å². The van der Waals surface area contributed by atoms with Crippen LogP contribution >= 0.6 is 0 Å². The molecule has 1 N–H and O–H groups in total. The number of nitrogens with zero attached hydrogens (tertiary/aromatic N) is 5. The first-order chi connectivity index (χ1) is 11.3. The van der Waals surface area contributed by atoms with Gasteiger partial charge < -0.3 is 9.72 Å². The van der Waals surface area contributed by atoms with E-state index in [2.05, 4.69) is 15.2 Å². The number of fused-ring (bicyclic) bond motifs is 1. The van der Waals surface area contributed by atoms with Crippen molar-refractivity contribution in [3.63, 3.8) is 0 Å². The lowest BCUT2D eigenvalue weighted by atomic mass is 10.1. The number of methoxy groups -OCH3 is 1. The fraction of sp³-hybridized carbons (Fsp3) is 0.188. The zero-order chi connectivity index (χ0) is 15.8. The van der Waals surface area contributed by atoms with Gasteiger partial charge in [-0.2, -0.15) is 10.2 Å². The summed E-state index contributed by atoms with van der Waals surface area (Å²) in [6, 6.07) is 7.73. The van der Waals surface area contributed by atoms with Gasteiger partial charge >= 0.3 is 0 Å². The maximum atomic E-state index is 5.36. The van der Waals surface area contributed by atoms with Crippen LogP contribution in [0.4, 0.5) is 0 Å². The van der Waals surface area contributed by atoms with Crippen molar-refractivity contribution in [1.29, 1.82) is 0 Å². The van der Waals surface area contributed by atoms with Crippen LogP contribution in [0.3, 0.4) is 0 Å². The van der Waals surface area contributed by atoms with Crippen molar-refractivity contribution in [3.8, 4) is 22.8 Å². The Bertz CT molecular complexity index is 950. The maximum Gasteiger partial charge on any atom is 0.176 e. The summed E-state index contributed by atoms with van der Waals surface area (Å²) in [6.45, 7) is 2.82. The van der Waals surface area contributed by atoms with E-state index >= 15 is 0 Å². The van der Waals surface area contributed by atoms with E-state index < -0.39 is 0 Å². The average Bonchev–Trinajstić information content (AvgIpc) is 3.30. The second-order valence-corrected chi connectivity index (χ2v) is 5.12. The zero-order valence-corrected chi connectivity index (χ0v) is 12.9. The number of rotatable bonds is 4. The topological polar surface area (TPSA) is 73.6 Å². The zero-order valence-electron chi connectivity index (χ0n) is 12.9. The third-order valence-corrected chi connectivity index (χ3v) is 3.79. The predicted octanol–water partition coefficient (Wildman–Crippen LogP) is 2.64. The SMILES string of the molecule is CCn1ncc2[nH]c(-c3cc(OC)ccc3-n3cccn3)nc21. The largest absolute Gasteiger partial charge is 0.497 e. The highest BCUT2D eigenvalue weighted by Crippen LogP contribution is 2.30. The monoisotopic (exact) mass is 308 g/mol. The molecule has 0 spiro atoms. The van der Waals surface area contributed by atoms with E-state index in [9.17, 15) is 0 Å². The van der Waals surface area contributed by atoms with Crippen LogP contribution in [0.15, 0.2) is 42.9 Å². The summed E-state index contributed by atoms with van der Waals surface area (Å²) in [5.41, 5.74) is 3.61. The van der Waals surface area contributed by atoms with E-state index in [-0.39, 0.29) is 0 Å². The number of aryl methyl sites for hydroxylation is 1. The van der Waals surface area contributed by atoms with Crippen LogP contribution in [0, 0.1) is 0 Å². The molecule has 0 saturated heterocycles. The number of benzene rings is 1. The molecule has 1 aromatic carbocycles. The second-order valence-electron chi connectivity index (χ2n) is 5.12. The van der Waals surface area contributed by atoms with Gasteiger partial charge in [-0.1, -0.05) is 0 Å². The third kappa shape index (κ3) is 2.17. The molecule has 0 saturated carbocycles. The summed E-state index contributed by atoms with van der Waals surface area (Å²) in [5.74, 6) is 1.54. The van der Waals surface area contributed by atoms with Crippen molar-refractivity contribution in [1.82, 2.24) is 29.5 Å². The molecule has 3 heterocycles. The number of ether oxygens (including phenoxy) is 1. The van der Waals surface area contributed by atoms with Gasteiger partial charge in [-0.3, -0.25) is 0 Å². The van der Waals surface area contributed by atoms with Crippen molar-refractivity contribution in [2.24, 2.45) is 0 Å². The Hall–Kier alpha value is -3.09. The van der Waals surface area contributed by atoms with E-state index in [1.54, 1.807) is 19.5 Å². The molecule has 3 aromatic heterocycles. The Labute approximate surface area is 132 Å². The fourth-order valence-electron chi connectivity index (χ4n) is 2.65. The Kier molecular flexibility index (Phi) is 3.11. The molecule has 0 atom stereocenters. The molecule has 7 heteroatoms. The molecule has 0 radical (unpaired) electrons. The predicted molar refractivity (Wildman–Crippen MR) is 86.7 cm³/mol. The molecule has 0 amide bonds. The molecular formula is C16H16N6O. The van der Waals surface area contributed by atoms with Gasteiger partial charge in [-0.05, 0) is 31.2 Å². The quantitative estimate of drug-likeness (QED) is 0.629. The normalized spacial score (nSPS) is 11.2. The molecule has 116 valence electrons. The molecule has 23 heavy (non-hydrogen) atoms. The summed E-state index contributed by atoms with van der Waals surface area (Å²) in [5, 5.41) is 8.62. The van der Waals surface area contributed by atoms with Crippen molar-refractivity contribution in [3.05, 3.63) is 42.9 Å². The standard InChI is InChI=1S/C16H16N6O/c1-3-21-16-13(10-18-21)19-15(20-16)12-9-11(23-2)5-6-14(12)22-8-4-7-17-22/h4-10H,3H2,1-2H3,(H,19,20). The van der Waals surface area contributed by atoms with Crippen molar-refractivity contribution < 1.29 is 4.74 Å². The lowest BCUT2D eigenvalue weighted by Gasteiger charge is -2.09. The van der Waals surface area contributed by atoms with Crippen LogP contribution in [0.25, 0.3) is 28.2 Å². The minimum Gasteiger partial charge on any atom is -0.497 e. The Morgan fingerprint density at radius 1 is 1.26 bits per heavy atom. The summed E-state index contributed by atoms with van der Waals surface area (Å²) in [6.07, 6.45) is 5.45. The smallest absolute Gasteiger partial charge is 0.176 e. The average molecular weight is 308 g/mol. The van der Waals surface area contributed by atoms with Crippen LogP contribution in [-0.4, -0.2) is 36.6 Å². The number of nitrogens with one attached hydrogen (secondary N) is 1. The van der Waals surface area contributed by atoms with Gasteiger partial charge in [0, 0.05) is 24.5 Å². The number of imidazole rings is 1. The van der Waals surface area contributed by atoms with E-state index in [4.69, 9.17) is 9.72 Å². The highest BCUT2D eigenvalue weighted by Gasteiger charge is 2.15. The van der Waals surface area contributed by atoms with Gasteiger partial charge in [0.05, 0.1) is 19.0 Å². The highest BCUT2D eigenvalue weighted by atomic mass is 16.5. The van der Waals surface area contributed by atoms with Gasteiger partial charge in [0.2, 0.25) is 0 Å². The lowest BCUT2D eigenvalue weighted by Crippen LogP contribution is -2.00. The highest BCUT2D eigenvalue weighted by molar-refractivity contribution is 5.79. The molecule has 0 aliphatic heterocycles. The molecule has 0 bridgehead atoms. The van der Waals surface area contributed by atoms with Gasteiger partial charge in [-0.25, -0.2) is 14.3 Å². The first kappa shape index (κ1) is 13.6. The van der Waals surface area contributed by atoms with Crippen LogP contribution in [-0.2, 0) is 6.54 Å². The summed E-state index contributed by atoms with van der Waals surface area (Å²) >= 11 is 0. The first-order valence-corrected chi connectivity index (χ1v) is 7.40. The van der Waals surface area contributed by atoms with Gasteiger partial charge in [-0.15, -0.1) is 0 Å². The first-order valence-electron chi connectivity index (χ1n) is 7.40. The number of hydrogen-bond donors (Lipinski definition) is 1. The summed E-state index contributed by atoms with van der Waals surface area (Å²) < 4.78 is 9.04. The van der Waals surface area contributed by atoms with Gasteiger partial charge in [0.15, 0.2) is 5.65 Å². The van der Waals surface area contributed by atoms with Gasteiger partial charge in [0.25, 0.3) is 0 Å². The lowest BCUT2D eigenvalue weighted by molar-refractivity contribution is 0.415. The summed E-state index contributed by atoms with van der Waals surface area (Å²) in [7, 11) is 1.65. The third-order valence-electron chi connectivity index (χ3n) is 3.79. The van der Waals surface area contributed by atoms with Crippen LogP contribution in [0.2, 0.25) is 0 Å². The maximum absolute atomic E-state index is 5.36. The number of hydrogen-bond acceptors (Lipinski definition) is 4. The number of aromatic amines is 1. The number of aromatic nitrogens is 6. The Balaban J connectivity index is 1.92. The molecule has 4 aromatic rings. The Morgan fingerprint density at radius 3 is 2.91 bits per heavy atom. The fourth-order valence-corrected chi connectivity index (χ4v) is 2.65. The molecule has 0 aliphatic carbocycles. The molecule has 0 unspecified atom stereocenters. The van der Waals surface area contributed by atoms with Gasteiger partial charge in [0.1, 0.15) is 17.1 Å². The van der Waals surface area contributed by atoms with E-state index in [1.807, 2.05) is 46.7 Å². The van der Waals surface area contributed by atoms with Crippen molar-refractivity contribution >= 4 is 11.2 Å². The van der Waals surface area contributed by atoms with Crippen LogP contribution in [0.1, 0.15) is 6.92 Å². The van der Waals surface area contributed by atoms with E-state index in [1.165, 1.54) is 0 Å². The van der Waals surface area contributed by atoms with Crippen LogP contribution < -0.4 is 4.74 Å². The second kappa shape index (κ2) is 5.28. The van der Waals surface area contributed by atoms with Crippen molar-refractivity contribution in [2.45, 2.75) is 13.5 Å². The summed E-state index contributed by atoms with van der Waals surface area (Å²) in [4.78, 5) is 8.04.